The fraction of sp³-hybridized carbons (Fsp3) is 0.300. The molecule has 0 radical (unpaired) electrons. The molecule has 10 nitrogen and oxygen atoms in total. The summed E-state index contributed by atoms with van der Waals surface area (Å²) in [6.07, 6.45) is 0. The van der Waals surface area contributed by atoms with Gasteiger partial charge in [-0.25, -0.2) is 0 Å². The molecule has 260 valence electrons. The van der Waals surface area contributed by atoms with E-state index in [0.29, 0.717) is 52.4 Å². The van der Waals surface area contributed by atoms with E-state index in [4.69, 9.17) is 0 Å². The Bertz CT molecular complexity index is 1410. The van der Waals surface area contributed by atoms with Gasteiger partial charge in [0.2, 0.25) is 23.6 Å². The highest BCUT2D eigenvalue weighted by Crippen LogP contribution is 2.11. The molecule has 1 fully saturated rings. The van der Waals surface area contributed by atoms with E-state index in [1.54, 1.807) is 19.6 Å². The van der Waals surface area contributed by atoms with Crippen molar-refractivity contribution in [2.45, 2.75) is 26.2 Å². The first-order valence-corrected chi connectivity index (χ1v) is 17.1. The molecule has 4 aromatic carbocycles. The lowest BCUT2D eigenvalue weighted by atomic mass is 10.2. The molecule has 5 rings (SSSR count). The molecule has 0 spiro atoms. The molecular formula is C40H46N6O4. The minimum absolute atomic E-state index is 0.0371. The molecule has 1 aliphatic rings. The summed E-state index contributed by atoms with van der Waals surface area (Å²) in [4.78, 5) is 61.6. The van der Waals surface area contributed by atoms with Gasteiger partial charge in [-0.15, -0.1) is 0 Å². The maximum atomic E-state index is 13.7. The van der Waals surface area contributed by atoms with Crippen LogP contribution in [0.1, 0.15) is 22.3 Å². The normalized spacial score (nSPS) is 16.3. The number of carbonyl (C=O) groups is 4. The summed E-state index contributed by atoms with van der Waals surface area (Å²) in [6.45, 7) is 2.51. The van der Waals surface area contributed by atoms with E-state index in [1.807, 2.05) is 121 Å². The van der Waals surface area contributed by atoms with Crippen molar-refractivity contribution < 1.29 is 19.2 Å². The summed E-state index contributed by atoms with van der Waals surface area (Å²) in [6, 6.07) is 38.9. The molecule has 0 saturated carbocycles. The van der Waals surface area contributed by atoms with Crippen LogP contribution in [0.3, 0.4) is 0 Å². The molecular weight excluding hydrogens is 628 g/mol. The van der Waals surface area contributed by atoms with Crippen LogP contribution < -0.4 is 10.6 Å². The predicted molar refractivity (Wildman–Crippen MR) is 193 cm³/mol. The van der Waals surface area contributed by atoms with Crippen molar-refractivity contribution in [3.05, 3.63) is 144 Å². The number of benzene rings is 4. The first kappa shape index (κ1) is 36.0. The Kier molecular flexibility index (Phi) is 13.7. The number of rotatable bonds is 8. The Labute approximate surface area is 294 Å². The first-order chi connectivity index (χ1) is 24.4. The van der Waals surface area contributed by atoms with Crippen molar-refractivity contribution in [3.63, 3.8) is 0 Å². The average Bonchev–Trinajstić information content (AvgIpc) is 3.14. The smallest absolute Gasteiger partial charge is 0.236 e. The Hall–Kier alpha value is -5.32. The maximum absolute atomic E-state index is 13.7. The molecule has 1 saturated heterocycles. The molecule has 2 N–H and O–H groups in total. The Morgan fingerprint density at radius 2 is 0.540 bits per heavy atom. The lowest BCUT2D eigenvalue weighted by molar-refractivity contribution is -0.137. The molecule has 0 unspecified atom stereocenters. The van der Waals surface area contributed by atoms with Gasteiger partial charge >= 0.3 is 0 Å². The topological polar surface area (TPSA) is 105 Å². The van der Waals surface area contributed by atoms with Crippen LogP contribution in [0.15, 0.2) is 121 Å². The van der Waals surface area contributed by atoms with E-state index >= 15 is 0 Å². The molecule has 10 heteroatoms. The Morgan fingerprint density at radius 3 is 0.740 bits per heavy atom. The molecule has 1 aliphatic heterocycles. The number of hydrogen-bond acceptors (Lipinski definition) is 6. The van der Waals surface area contributed by atoms with E-state index in [9.17, 15) is 19.2 Å². The van der Waals surface area contributed by atoms with Crippen molar-refractivity contribution in [2.24, 2.45) is 0 Å². The first-order valence-electron chi connectivity index (χ1n) is 17.1. The van der Waals surface area contributed by atoms with E-state index in [1.165, 1.54) is 0 Å². The zero-order valence-corrected chi connectivity index (χ0v) is 28.5. The second-order valence-corrected chi connectivity index (χ2v) is 12.4. The summed E-state index contributed by atoms with van der Waals surface area (Å²) in [7, 11) is 0. The van der Waals surface area contributed by atoms with Gasteiger partial charge in [0.1, 0.15) is 0 Å². The molecule has 0 aliphatic carbocycles. The van der Waals surface area contributed by atoms with Gasteiger partial charge in [0, 0.05) is 52.4 Å². The van der Waals surface area contributed by atoms with Gasteiger partial charge in [-0.3, -0.25) is 29.8 Å². The van der Waals surface area contributed by atoms with Crippen LogP contribution in [0.2, 0.25) is 0 Å². The van der Waals surface area contributed by atoms with Crippen LogP contribution in [0, 0.1) is 0 Å². The fourth-order valence-corrected chi connectivity index (χ4v) is 5.87. The van der Waals surface area contributed by atoms with Crippen molar-refractivity contribution >= 4 is 23.6 Å². The quantitative estimate of drug-likeness (QED) is 0.298. The zero-order valence-electron chi connectivity index (χ0n) is 28.5. The SMILES string of the molecule is O=C1CNCC(=O)N(Cc2ccccc2)CCN(Cc2ccccc2)C(=O)CNCC(=O)N(Cc2ccccc2)CCN1Cc1ccccc1. The lowest BCUT2D eigenvalue weighted by Gasteiger charge is -2.30. The summed E-state index contributed by atoms with van der Waals surface area (Å²) >= 11 is 0. The maximum Gasteiger partial charge on any atom is 0.236 e. The average molecular weight is 675 g/mol. The molecule has 50 heavy (non-hydrogen) atoms. The van der Waals surface area contributed by atoms with E-state index in [-0.39, 0.29) is 49.8 Å². The highest BCUT2D eigenvalue weighted by atomic mass is 16.2. The minimum atomic E-state index is -0.165. The van der Waals surface area contributed by atoms with Gasteiger partial charge in [-0.05, 0) is 22.3 Å². The van der Waals surface area contributed by atoms with Crippen LogP contribution >= 0.6 is 0 Å². The lowest BCUT2D eigenvalue weighted by Crippen LogP contribution is -2.49. The van der Waals surface area contributed by atoms with Gasteiger partial charge in [-0.2, -0.15) is 0 Å². The molecule has 1 heterocycles. The van der Waals surface area contributed by atoms with Gasteiger partial charge in [0.05, 0.1) is 26.2 Å². The van der Waals surface area contributed by atoms with Gasteiger partial charge in [0.25, 0.3) is 0 Å². The van der Waals surface area contributed by atoms with E-state index in [0.717, 1.165) is 22.3 Å². The van der Waals surface area contributed by atoms with Crippen molar-refractivity contribution in [3.8, 4) is 0 Å². The second-order valence-electron chi connectivity index (χ2n) is 12.4. The fourth-order valence-electron chi connectivity index (χ4n) is 5.87. The standard InChI is InChI=1S/C40H46N6O4/c47-37-25-41-26-39(49)45(31-35-17-9-3-10-18-35)23-24-46(32-36-19-11-4-12-20-36)40(50)28-42-27-38(48)44(30-34-15-7-2-8-16-34)22-21-43(37)29-33-13-5-1-6-14-33/h1-20,41-42H,21-32H2. The molecule has 0 bridgehead atoms. The molecule has 0 atom stereocenters. The van der Waals surface area contributed by atoms with Gasteiger partial charge in [-0.1, -0.05) is 121 Å². The van der Waals surface area contributed by atoms with Gasteiger partial charge in [0.15, 0.2) is 0 Å². The van der Waals surface area contributed by atoms with E-state index < -0.39 is 0 Å². The van der Waals surface area contributed by atoms with Crippen molar-refractivity contribution in [1.29, 1.82) is 0 Å². The van der Waals surface area contributed by atoms with Crippen molar-refractivity contribution in [1.82, 2.24) is 30.2 Å². The number of hydrogen-bond donors (Lipinski definition) is 2. The summed E-state index contributed by atoms with van der Waals surface area (Å²) < 4.78 is 0. The molecule has 4 amide bonds. The molecule has 0 aromatic heterocycles. The minimum Gasteiger partial charge on any atom is -0.335 e. The molecule has 4 aromatic rings. The Balaban J connectivity index is 1.38. The summed E-state index contributed by atoms with van der Waals surface area (Å²) in [5.74, 6) is -0.658. The van der Waals surface area contributed by atoms with Crippen LogP contribution in [-0.4, -0.2) is 95.6 Å². The van der Waals surface area contributed by atoms with Crippen LogP contribution in [0.5, 0.6) is 0 Å². The summed E-state index contributed by atoms with van der Waals surface area (Å²) in [5.41, 5.74) is 3.87. The monoisotopic (exact) mass is 674 g/mol. The number of nitrogens with one attached hydrogen (secondary N) is 2. The van der Waals surface area contributed by atoms with Gasteiger partial charge < -0.3 is 19.6 Å². The van der Waals surface area contributed by atoms with Crippen LogP contribution in [0.25, 0.3) is 0 Å². The largest absolute Gasteiger partial charge is 0.335 e. The van der Waals surface area contributed by atoms with Crippen LogP contribution in [0.4, 0.5) is 0 Å². The van der Waals surface area contributed by atoms with E-state index in [2.05, 4.69) is 10.6 Å². The van der Waals surface area contributed by atoms with Crippen LogP contribution in [-0.2, 0) is 45.4 Å². The third-order valence-corrected chi connectivity index (χ3v) is 8.66. The number of nitrogens with zero attached hydrogens (tertiary/aromatic N) is 4. The second kappa shape index (κ2) is 19.0. The third-order valence-electron chi connectivity index (χ3n) is 8.66. The third kappa shape index (κ3) is 11.4. The zero-order chi connectivity index (χ0) is 35.0. The summed E-state index contributed by atoms with van der Waals surface area (Å²) in [5, 5.41) is 6.17. The highest BCUT2D eigenvalue weighted by Gasteiger charge is 2.23. The predicted octanol–water partition coefficient (Wildman–Crippen LogP) is 3.29. The number of carbonyl (C=O) groups excluding carboxylic acids is 4. The Morgan fingerprint density at radius 1 is 0.340 bits per heavy atom. The number of amides is 4. The van der Waals surface area contributed by atoms with Crippen molar-refractivity contribution in [2.75, 3.05) is 52.4 Å². The highest BCUT2D eigenvalue weighted by molar-refractivity contribution is 5.83.